The first-order valence-corrected chi connectivity index (χ1v) is 7.63. The monoisotopic (exact) mass is 290 g/mol. The van der Waals surface area contributed by atoms with Crippen molar-refractivity contribution in [1.82, 2.24) is 4.98 Å². The summed E-state index contributed by atoms with van der Waals surface area (Å²) in [5.41, 5.74) is 1.21. The number of rotatable bonds is 3. The molecule has 1 aromatic heterocycles. The third kappa shape index (κ3) is 5.83. The molecular weight excluding hydrogens is 276 g/mol. The summed E-state index contributed by atoms with van der Waals surface area (Å²) >= 11 is 1.02. The average molecular weight is 289 g/mol. The summed E-state index contributed by atoms with van der Waals surface area (Å²) in [5.74, 6) is 0. The Bertz CT molecular complexity index is 179. The first-order valence-electron chi connectivity index (χ1n) is 4.02. The molecule has 0 aromatic carbocycles. The van der Waals surface area contributed by atoms with E-state index in [-0.39, 0.29) is 0 Å². The van der Waals surface area contributed by atoms with Crippen LogP contribution in [0.3, 0.4) is 0 Å². The van der Waals surface area contributed by atoms with E-state index in [1.165, 1.54) is 18.5 Å². The second-order valence-electron chi connectivity index (χ2n) is 2.42. The summed E-state index contributed by atoms with van der Waals surface area (Å²) in [6, 6.07) is 6.07. The van der Waals surface area contributed by atoms with Gasteiger partial charge in [0.25, 0.3) is 0 Å². The second-order valence-corrected chi connectivity index (χ2v) is 2.42. The maximum absolute atomic E-state index is 4.73. The summed E-state index contributed by atoms with van der Waals surface area (Å²) in [7, 11) is 4.73. The molecule has 0 aliphatic heterocycles. The fraction of sp³-hybridized carbons (Fsp3) is 0.444. The number of aryl methyl sites for hydroxylation is 1. The normalized spacial score (nSPS) is 8.58. The summed E-state index contributed by atoms with van der Waals surface area (Å²) in [4.78, 5) is 4.22. The molecule has 0 atom stereocenters. The number of hydrogen-bond donors (Lipinski definition) is 0. The molecular formula is C9H13ClNSn. The van der Waals surface area contributed by atoms with Crippen molar-refractivity contribution >= 4 is 30.3 Å². The fourth-order valence-corrected chi connectivity index (χ4v) is 0.904. The Morgan fingerprint density at radius 2 is 2.17 bits per heavy atom. The molecule has 0 spiro atoms. The number of hydrogen-bond acceptors (Lipinski definition) is 1. The van der Waals surface area contributed by atoms with E-state index in [0.717, 1.165) is 27.8 Å². The SMILES string of the molecule is CCCCc1ccccn1.[Cl][Sn]. The van der Waals surface area contributed by atoms with Crippen LogP contribution in [-0.2, 0) is 6.42 Å². The molecule has 0 saturated carbocycles. The first kappa shape index (κ1) is 12.2. The van der Waals surface area contributed by atoms with E-state index < -0.39 is 0 Å². The molecule has 1 aromatic rings. The van der Waals surface area contributed by atoms with Gasteiger partial charge in [-0.1, -0.05) is 19.4 Å². The zero-order valence-electron chi connectivity index (χ0n) is 7.26. The van der Waals surface area contributed by atoms with E-state index in [2.05, 4.69) is 18.0 Å². The second kappa shape index (κ2) is 9.33. The zero-order chi connectivity index (χ0) is 9.23. The van der Waals surface area contributed by atoms with Crippen LogP contribution in [0, 0.1) is 0 Å². The van der Waals surface area contributed by atoms with Gasteiger partial charge in [-0.2, -0.15) is 0 Å². The molecule has 3 radical (unpaired) electrons. The van der Waals surface area contributed by atoms with Gasteiger partial charge >= 0.3 is 30.3 Å². The van der Waals surface area contributed by atoms with Crippen LogP contribution in [-0.4, -0.2) is 26.4 Å². The van der Waals surface area contributed by atoms with Gasteiger partial charge in [-0.3, -0.25) is 4.98 Å². The van der Waals surface area contributed by atoms with E-state index in [9.17, 15) is 0 Å². The molecule has 65 valence electrons. The molecule has 1 rings (SSSR count). The minimum atomic E-state index is 1.02. The predicted octanol–water partition coefficient (Wildman–Crippen LogP) is 2.73. The number of halogens is 1. The molecule has 0 bridgehead atoms. The van der Waals surface area contributed by atoms with Crippen LogP contribution in [0.25, 0.3) is 0 Å². The quantitative estimate of drug-likeness (QED) is 0.780. The van der Waals surface area contributed by atoms with Gasteiger partial charge in [-0.25, -0.2) is 0 Å². The zero-order valence-corrected chi connectivity index (χ0v) is 10.9. The summed E-state index contributed by atoms with van der Waals surface area (Å²) in [6.45, 7) is 2.20. The summed E-state index contributed by atoms with van der Waals surface area (Å²) in [6.07, 6.45) is 5.47. The molecule has 0 N–H and O–H groups in total. The molecule has 0 aliphatic rings. The Balaban J connectivity index is 0.000000561. The topological polar surface area (TPSA) is 12.9 Å². The van der Waals surface area contributed by atoms with Crippen LogP contribution in [0.5, 0.6) is 0 Å². The van der Waals surface area contributed by atoms with Crippen molar-refractivity contribution in [3.63, 3.8) is 0 Å². The molecule has 3 heteroatoms. The van der Waals surface area contributed by atoms with E-state index in [0.29, 0.717) is 0 Å². The number of unbranched alkanes of at least 4 members (excludes halogenated alkanes) is 1. The molecule has 1 nitrogen and oxygen atoms in total. The van der Waals surface area contributed by atoms with Crippen LogP contribution in [0.1, 0.15) is 25.5 Å². The van der Waals surface area contributed by atoms with E-state index in [1.807, 2.05) is 18.3 Å². The standard InChI is InChI=1S/C9H13N.ClH.Sn/c1-2-3-6-9-7-4-5-8-10-9;;/h4-5,7-8H,2-3,6H2,1H3;1H;/q;;+1/p-1. The summed E-state index contributed by atoms with van der Waals surface area (Å²) in [5, 5.41) is 0. The first-order chi connectivity index (χ1) is 5.93. The molecule has 0 unspecified atom stereocenters. The predicted molar refractivity (Wildman–Crippen MR) is 54.5 cm³/mol. The van der Waals surface area contributed by atoms with Crippen molar-refractivity contribution in [2.45, 2.75) is 26.2 Å². The van der Waals surface area contributed by atoms with Crippen molar-refractivity contribution in [3.8, 4) is 0 Å². The molecule has 0 aliphatic carbocycles. The molecule has 12 heavy (non-hydrogen) atoms. The van der Waals surface area contributed by atoms with Crippen LogP contribution in [0.4, 0.5) is 0 Å². The average Bonchev–Trinajstić information content (AvgIpc) is 2.19. The van der Waals surface area contributed by atoms with Crippen LogP contribution in [0.2, 0.25) is 0 Å². The third-order valence-corrected chi connectivity index (χ3v) is 1.51. The van der Waals surface area contributed by atoms with Gasteiger partial charge in [-0.15, -0.1) is 0 Å². The molecule has 0 amide bonds. The molecule has 0 fully saturated rings. The van der Waals surface area contributed by atoms with Gasteiger partial charge in [0.1, 0.15) is 0 Å². The van der Waals surface area contributed by atoms with Gasteiger partial charge in [0.2, 0.25) is 0 Å². The maximum atomic E-state index is 4.73. The Morgan fingerprint density at radius 3 is 2.67 bits per heavy atom. The van der Waals surface area contributed by atoms with Gasteiger partial charge in [0, 0.05) is 11.9 Å². The summed E-state index contributed by atoms with van der Waals surface area (Å²) < 4.78 is 0. The van der Waals surface area contributed by atoms with Gasteiger partial charge < -0.3 is 0 Å². The van der Waals surface area contributed by atoms with Gasteiger partial charge in [0.05, 0.1) is 0 Å². The van der Waals surface area contributed by atoms with Crippen molar-refractivity contribution < 1.29 is 0 Å². The van der Waals surface area contributed by atoms with E-state index in [4.69, 9.17) is 8.92 Å². The van der Waals surface area contributed by atoms with Crippen LogP contribution >= 0.6 is 8.92 Å². The van der Waals surface area contributed by atoms with Crippen LogP contribution < -0.4 is 0 Å². The Hall–Kier alpha value is 0.239. The van der Waals surface area contributed by atoms with Gasteiger partial charge in [-0.05, 0) is 25.0 Å². The third-order valence-electron chi connectivity index (χ3n) is 1.51. The Morgan fingerprint density at radius 1 is 1.42 bits per heavy atom. The molecule has 1 heterocycles. The number of nitrogens with zero attached hydrogens (tertiary/aromatic N) is 1. The fourth-order valence-electron chi connectivity index (χ4n) is 0.904. The van der Waals surface area contributed by atoms with Gasteiger partial charge in [0.15, 0.2) is 0 Å². The van der Waals surface area contributed by atoms with Crippen molar-refractivity contribution in [2.75, 3.05) is 0 Å². The van der Waals surface area contributed by atoms with Crippen molar-refractivity contribution in [3.05, 3.63) is 30.1 Å². The Labute approximate surface area is 91.3 Å². The van der Waals surface area contributed by atoms with E-state index >= 15 is 0 Å². The minimum absolute atomic E-state index is 1.02. The van der Waals surface area contributed by atoms with Crippen molar-refractivity contribution in [1.29, 1.82) is 0 Å². The van der Waals surface area contributed by atoms with Crippen molar-refractivity contribution in [2.24, 2.45) is 0 Å². The number of aromatic nitrogens is 1. The number of pyridine rings is 1. The van der Waals surface area contributed by atoms with E-state index in [1.54, 1.807) is 0 Å². The molecule has 0 saturated heterocycles. The van der Waals surface area contributed by atoms with Crippen LogP contribution in [0.15, 0.2) is 24.4 Å². The Kier molecular flexibility index (Phi) is 9.51.